The van der Waals surface area contributed by atoms with Gasteiger partial charge in [0.15, 0.2) is 0 Å². The Hall–Kier alpha value is -1.92. The topological polar surface area (TPSA) is 95.9 Å². The molecule has 6 nitrogen and oxygen atoms in total. The van der Waals surface area contributed by atoms with E-state index in [-0.39, 0.29) is 24.9 Å². The molecule has 0 aromatic rings. The van der Waals surface area contributed by atoms with Crippen molar-refractivity contribution < 1.29 is 24.5 Å². The molecule has 346 valence electrons. The van der Waals surface area contributed by atoms with E-state index in [1.54, 1.807) is 0 Å². The number of carbonyl (C=O) groups excluding carboxylic acids is 2. The molecule has 0 heterocycles. The Morgan fingerprint density at radius 1 is 0.508 bits per heavy atom. The van der Waals surface area contributed by atoms with Crippen molar-refractivity contribution >= 4 is 11.9 Å². The summed E-state index contributed by atoms with van der Waals surface area (Å²) in [6, 6.07) is -0.709. The minimum Gasteiger partial charge on any atom is -0.462 e. The molecule has 0 rings (SSSR count). The summed E-state index contributed by atoms with van der Waals surface area (Å²) in [5, 5.41) is 23.8. The first kappa shape index (κ1) is 57.1. The van der Waals surface area contributed by atoms with Crippen LogP contribution in [0.5, 0.6) is 0 Å². The molecule has 0 aliphatic carbocycles. The van der Waals surface area contributed by atoms with Crippen molar-refractivity contribution in [1.29, 1.82) is 0 Å². The van der Waals surface area contributed by atoms with Gasteiger partial charge in [0.2, 0.25) is 5.91 Å². The van der Waals surface area contributed by atoms with Crippen molar-refractivity contribution in [2.24, 2.45) is 0 Å². The third kappa shape index (κ3) is 42.6. The lowest BCUT2D eigenvalue weighted by Crippen LogP contribution is -2.46. The van der Waals surface area contributed by atoms with Crippen LogP contribution >= 0.6 is 0 Å². The number of amides is 1. The van der Waals surface area contributed by atoms with Crippen LogP contribution < -0.4 is 5.32 Å². The molecule has 0 bridgehead atoms. The quantitative estimate of drug-likeness (QED) is 0.0323. The molecule has 0 saturated carbocycles. The van der Waals surface area contributed by atoms with Crippen molar-refractivity contribution in [3.05, 3.63) is 36.5 Å². The molecule has 6 heteroatoms. The summed E-state index contributed by atoms with van der Waals surface area (Å²) in [7, 11) is 0. The van der Waals surface area contributed by atoms with Crippen molar-refractivity contribution in [3.8, 4) is 0 Å². The van der Waals surface area contributed by atoms with Gasteiger partial charge in [0, 0.05) is 6.42 Å². The summed E-state index contributed by atoms with van der Waals surface area (Å²) in [5.74, 6) is -0.499. The highest BCUT2D eigenvalue weighted by Crippen LogP contribution is 2.18. The Morgan fingerprint density at radius 2 is 0.915 bits per heavy atom. The van der Waals surface area contributed by atoms with E-state index in [1.165, 1.54) is 148 Å². The number of allylic oxidation sites excluding steroid dienone is 6. The summed E-state index contributed by atoms with van der Waals surface area (Å²) in [6.45, 7) is 6.35. The van der Waals surface area contributed by atoms with Crippen LogP contribution in [-0.2, 0) is 14.3 Å². The van der Waals surface area contributed by atoms with Gasteiger partial charge in [-0.25, -0.2) is 0 Å². The number of hydrogen-bond acceptors (Lipinski definition) is 5. The van der Waals surface area contributed by atoms with Gasteiger partial charge in [-0.1, -0.05) is 243 Å². The first-order chi connectivity index (χ1) is 29.0. The van der Waals surface area contributed by atoms with E-state index in [2.05, 4.69) is 56.5 Å². The Balaban J connectivity index is 4.50. The molecule has 0 aromatic carbocycles. The highest BCUT2D eigenvalue weighted by atomic mass is 16.5. The van der Waals surface area contributed by atoms with Crippen molar-refractivity contribution in [1.82, 2.24) is 5.32 Å². The van der Waals surface area contributed by atoms with Crippen LogP contribution in [0.15, 0.2) is 36.5 Å². The maximum absolute atomic E-state index is 13.2. The van der Waals surface area contributed by atoms with Crippen LogP contribution in [-0.4, -0.2) is 46.9 Å². The standard InChI is InChI=1S/C53H99NO5/c1-4-7-10-13-16-19-22-24-25-26-28-30-33-36-39-42-45-51(56)50(48-55)54-52(57)47-49(44-41-38-35-32-29-21-18-15-12-9-6-3)59-53(58)46-43-40-37-34-31-27-23-20-17-14-11-8-5-2/h9,12,15,18,21,29,49-51,55-56H,4-8,10-11,13-14,16-17,19-20,22-28,30-48H2,1-3H3,(H,54,57)/b12-9+,18-15+,29-21-. The Labute approximate surface area is 366 Å². The predicted molar refractivity (Wildman–Crippen MR) is 255 cm³/mol. The Morgan fingerprint density at radius 3 is 1.37 bits per heavy atom. The molecule has 59 heavy (non-hydrogen) atoms. The lowest BCUT2D eigenvalue weighted by Gasteiger charge is -2.24. The van der Waals surface area contributed by atoms with E-state index in [9.17, 15) is 19.8 Å². The molecule has 0 aliphatic heterocycles. The van der Waals surface area contributed by atoms with Crippen LogP contribution in [0.4, 0.5) is 0 Å². The number of unbranched alkanes of at least 4 members (excludes halogenated alkanes) is 30. The molecule has 0 fully saturated rings. The molecule has 3 N–H and O–H groups in total. The largest absolute Gasteiger partial charge is 0.462 e. The predicted octanol–water partition coefficient (Wildman–Crippen LogP) is 15.3. The van der Waals surface area contributed by atoms with Gasteiger partial charge < -0.3 is 20.3 Å². The number of hydrogen-bond donors (Lipinski definition) is 3. The molecule has 0 saturated heterocycles. The van der Waals surface area contributed by atoms with Gasteiger partial charge in [-0.3, -0.25) is 9.59 Å². The van der Waals surface area contributed by atoms with Crippen molar-refractivity contribution in [2.75, 3.05) is 6.61 Å². The molecule has 1 amide bonds. The first-order valence-corrected chi connectivity index (χ1v) is 25.7. The summed E-state index contributed by atoms with van der Waals surface area (Å²) >= 11 is 0. The van der Waals surface area contributed by atoms with Crippen LogP contribution in [0.25, 0.3) is 0 Å². The molecule has 0 radical (unpaired) electrons. The zero-order valence-electron chi connectivity index (χ0n) is 39.4. The number of ether oxygens (including phenoxy) is 1. The van der Waals surface area contributed by atoms with Gasteiger partial charge in [-0.15, -0.1) is 0 Å². The van der Waals surface area contributed by atoms with Gasteiger partial charge in [0.25, 0.3) is 0 Å². The third-order valence-electron chi connectivity index (χ3n) is 11.8. The van der Waals surface area contributed by atoms with Crippen LogP contribution in [0.1, 0.15) is 265 Å². The third-order valence-corrected chi connectivity index (χ3v) is 11.8. The molecular formula is C53H99NO5. The fourth-order valence-corrected chi connectivity index (χ4v) is 7.90. The highest BCUT2D eigenvalue weighted by Gasteiger charge is 2.24. The second kappa shape index (κ2) is 47.1. The minimum absolute atomic E-state index is 0.0581. The number of esters is 1. The van der Waals surface area contributed by atoms with Crippen molar-refractivity contribution in [3.63, 3.8) is 0 Å². The minimum atomic E-state index is -0.794. The van der Waals surface area contributed by atoms with Crippen LogP contribution in [0.2, 0.25) is 0 Å². The summed E-state index contributed by atoms with van der Waals surface area (Å²) < 4.78 is 5.91. The van der Waals surface area contributed by atoms with E-state index < -0.39 is 18.2 Å². The first-order valence-electron chi connectivity index (χ1n) is 25.7. The van der Waals surface area contributed by atoms with Crippen molar-refractivity contribution in [2.45, 2.75) is 283 Å². The average Bonchev–Trinajstić information content (AvgIpc) is 3.23. The van der Waals surface area contributed by atoms with E-state index in [4.69, 9.17) is 4.74 Å². The van der Waals surface area contributed by atoms with Crippen LogP contribution in [0, 0.1) is 0 Å². The molecule has 3 unspecified atom stereocenters. The second-order valence-electron chi connectivity index (χ2n) is 17.6. The highest BCUT2D eigenvalue weighted by molar-refractivity contribution is 5.77. The van der Waals surface area contributed by atoms with Gasteiger partial charge >= 0.3 is 5.97 Å². The summed E-state index contributed by atoms with van der Waals surface area (Å²) in [6.07, 6.45) is 55.0. The maximum atomic E-state index is 13.2. The van der Waals surface area contributed by atoms with E-state index in [0.717, 1.165) is 70.6 Å². The number of carbonyl (C=O) groups is 2. The number of aliphatic hydroxyl groups excluding tert-OH is 2. The lowest BCUT2D eigenvalue weighted by molar-refractivity contribution is -0.151. The van der Waals surface area contributed by atoms with Gasteiger partial charge in [-0.05, 0) is 44.9 Å². The lowest BCUT2D eigenvalue weighted by atomic mass is 10.0. The molecule has 0 aromatic heterocycles. The van der Waals surface area contributed by atoms with E-state index >= 15 is 0 Å². The smallest absolute Gasteiger partial charge is 0.306 e. The molecule has 0 spiro atoms. The van der Waals surface area contributed by atoms with E-state index in [1.807, 2.05) is 6.08 Å². The Bertz CT molecular complexity index is 977. The monoisotopic (exact) mass is 830 g/mol. The summed E-state index contributed by atoms with van der Waals surface area (Å²) in [4.78, 5) is 26.1. The fourth-order valence-electron chi connectivity index (χ4n) is 7.90. The fraction of sp³-hybridized carbons (Fsp3) is 0.849. The molecule has 0 aliphatic rings. The van der Waals surface area contributed by atoms with Gasteiger partial charge in [-0.2, -0.15) is 0 Å². The number of nitrogens with one attached hydrogen (secondary N) is 1. The molecule has 3 atom stereocenters. The Kier molecular flexibility index (Phi) is 45.6. The molecular weight excluding hydrogens is 731 g/mol. The van der Waals surface area contributed by atoms with E-state index in [0.29, 0.717) is 19.3 Å². The summed E-state index contributed by atoms with van der Waals surface area (Å²) in [5.41, 5.74) is 0. The second-order valence-corrected chi connectivity index (χ2v) is 17.6. The number of rotatable bonds is 46. The zero-order valence-corrected chi connectivity index (χ0v) is 39.4. The van der Waals surface area contributed by atoms with Crippen LogP contribution in [0.3, 0.4) is 0 Å². The maximum Gasteiger partial charge on any atom is 0.306 e. The normalized spacial score (nSPS) is 13.5. The zero-order chi connectivity index (χ0) is 43.1. The number of aliphatic hydroxyl groups is 2. The van der Waals surface area contributed by atoms with Gasteiger partial charge in [0.05, 0.1) is 25.2 Å². The van der Waals surface area contributed by atoms with Gasteiger partial charge in [0.1, 0.15) is 6.10 Å². The average molecular weight is 830 g/mol. The SMILES string of the molecule is CC/C=C/C=C/C=C\CCCCCC(CC(=O)NC(CO)C(O)CCCCCCCCCCCCCCCCCC)OC(=O)CCCCCCCCCCCCCCC.